The summed E-state index contributed by atoms with van der Waals surface area (Å²) in [5.74, 6) is 0.0892. The number of fused-ring (bicyclic) bond motifs is 1. The van der Waals surface area contributed by atoms with Crippen LogP contribution >= 0.6 is 11.8 Å². The second kappa shape index (κ2) is 6.13. The van der Waals surface area contributed by atoms with Crippen LogP contribution in [0.4, 0.5) is 11.5 Å². The molecule has 0 unspecified atom stereocenters. The van der Waals surface area contributed by atoms with Crippen LogP contribution in [0, 0.1) is 17.0 Å². The molecule has 1 aromatic heterocycles. The van der Waals surface area contributed by atoms with Gasteiger partial charge >= 0.3 is 0 Å². The highest BCUT2D eigenvalue weighted by Gasteiger charge is 2.31. The second-order valence-electron chi connectivity index (χ2n) is 5.29. The van der Waals surface area contributed by atoms with Gasteiger partial charge in [-0.15, -0.1) is 0 Å². The van der Waals surface area contributed by atoms with Gasteiger partial charge in [0.05, 0.1) is 4.92 Å². The SMILES string of the molecule is CC(=O)N1N=C(c2cccc([N+](=O)[O-])c2)Sc2c1nc(C)n2C(C)=O. The first-order valence-electron chi connectivity index (χ1n) is 7.22. The Morgan fingerprint density at radius 3 is 2.56 bits per heavy atom. The maximum atomic E-state index is 12.0. The number of hydrazone groups is 1. The van der Waals surface area contributed by atoms with Crippen molar-refractivity contribution in [2.24, 2.45) is 5.10 Å². The number of rotatable bonds is 2. The van der Waals surface area contributed by atoms with Gasteiger partial charge in [0.1, 0.15) is 15.9 Å². The standard InChI is InChI=1S/C15H13N5O4S/c1-8-16-13-15(18(8)9(2)21)25-14(17-19(13)10(3)22)11-5-4-6-12(7-11)20(23)24/h4-7H,1-3H3. The third kappa shape index (κ3) is 2.91. The number of imidazole rings is 1. The van der Waals surface area contributed by atoms with Gasteiger partial charge < -0.3 is 0 Å². The van der Waals surface area contributed by atoms with Gasteiger partial charge in [-0.1, -0.05) is 12.1 Å². The molecule has 2 aromatic rings. The van der Waals surface area contributed by atoms with Crippen molar-refractivity contribution in [2.75, 3.05) is 5.01 Å². The molecular weight excluding hydrogens is 346 g/mol. The highest BCUT2D eigenvalue weighted by atomic mass is 32.2. The van der Waals surface area contributed by atoms with Crippen molar-refractivity contribution < 1.29 is 14.5 Å². The number of benzene rings is 1. The van der Waals surface area contributed by atoms with Gasteiger partial charge in [-0.2, -0.15) is 10.1 Å². The van der Waals surface area contributed by atoms with Crippen LogP contribution in [-0.4, -0.2) is 31.3 Å². The molecule has 0 radical (unpaired) electrons. The fourth-order valence-electron chi connectivity index (χ4n) is 2.44. The highest BCUT2D eigenvalue weighted by molar-refractivity contribution is 8.14. The van der Waals surface area contributed by atoms with Crippen molar-refractivity contribution in [3.05, 3.63) is 45.8 Å². The van der Waals surface area contributed by atoms with Crippen LogP contribution < -0.4 is 5.01 Å². The number of nitro groups is 1. The number of hydrogen-bond acceptors (Lipinski definition) is 7. The molecule has 1 aromatic carbocycles. The zero-order chi connectivity index (χ0) is 18.3. The molecule has 1 amide bonds. The van der Waals surface area contributed by atoms with Gasteiger partial charge in [0, 0.05) is 31.5 Å². The number of nitrogens with zero attached hydrogens (tertiary/aromatic N) is 5. The second-order valence-corrected chi connectivity index (χ2v) is 6.27. The first kappa shape index (κ1) is 16.8. The van der Waals surface area contributed by atoms with Crippen molar-refractivity contribution in [3.63, 3.8) is 0 Å². The summed E-state index contributed by atoms with van der Waals surface area (Å²) in [6.07, 6.45) is 0. The molecule has 0 aliphatic carbocycles. The van der Waals surface area contributed by atoms with Crippen molar-refractivity contribution >= 4 is 40.1 Å². The summed E-state index contributed by atoms with van der Waals surface area (Å²) in [5.41, 5.74) is 0.391. The molecule has 0 bridgehead atoms. The minimum absolute atomic E-state index is 0.0859. The zero-order valence-corrected chi connectivity index (χ0v) is 14.4. The summed E-state index contributed by atoms with van der Waals surface area (Å²) in [4.78, 5) is 38.7. The van der Waals surface area contributed by atoms with Gasteiger partial charge in [-0.25, -0.2) is 4.98 Å². The van der Waals surface area contributed by atoms with E-state index in [0.29, 0.717) is 21.5 Å². The number of non-ortho nitro benzene ring substituents is 1. The van der Waals surface area contributed by atoms with Crippen LogP contribution in [0.3, 0.4) is 0 Å². The molecule has 0 N–H and O–H groups in total. The van der Waals surface area contributed by atoms with Gasteiger partial charge in [-0.3, -0.25) is 24.3 Å². The Bertz CT molecular complexity index is 949. The Labute approximate surface area is 146 Å². The Morgan fingerprint density at radius 1 is 1.24 bits per heavy atom. The van der Waals surface area contributed by atoms with E-state index in [1.165, 1.54) is 36.6 Å². The summed E-state index contributed by atoms with van der Waals surface area (Å²) >= 11 is 1.14. The summed E-state index contributed by atoms with van der Waals surface area (Å²) in [6, 6.07) is 5.94. The number of carbonyl (C=O) groups excluding carboxylic acids is 2. The quantitative estimate of drug-likeness (QED) is 0.602. The molecule has 25 heavy (non-hydrogen) atoms. The fraction of sp³-hybridized carbons (Fsp3) is 0.200. The molecule has 0 atom stereocenters. The van der Waals surface area contributed by atoms with Gasteiger partial charge in [0.2, 0.25) is 11.8 Å². The number of carbonyl (C=O) groups is 2. The van der Waals surface area contributed by atoms with E-state index < -0.39 is 4.92 Å². The van der Waals surface area contributed by atoms with E-state index >= 15 is 0 Å². The number of nitro benzene ring substituents is 1. The minimum atomic E-state index is -0.504. The first-order chi connectivity index (χ1) is 11.8. The van der Waals surface area contributed by atoms with E-state index in [2.05, 4.69) is 10.1 Å². The van der Waals surface area contributed by atoms with E-state index in [-0.39, 0.29) is 23.3 Å². The Kier molecular flexibility index (Phi) is 4.13. The molecule has 10 heteroatoms. The lowest BCUT2D eigenvalue weighted by Gasteiger charge is -2.21. The Balaban J connectivity index is 2.15. The summed E-state index contributed by atoms with van der Waals surface area (Å²) in [5, 5.41) is 17.2. The zero-order valence-electron chi connectivity index (χ0n) is 13.6. The predicted molar refractivity (Wildman–Crippen MR) is 91.9 cm³/mol. The smallest absolute Gasteiger partial charge is 0.270 e. The molecule has 9 nitrogen and oxygen atoms in total. The van der Waals surface area contributed by atoms with E-state index in [0.717, 1.165) is 16.8 Å². The van der Waals surface area contributed by atoms with Crippen molar-refractivity contribution in [3.8, 4) is 0 Å². The molecule has 1 aliphatic heterocycles. The maximum absolute atomic E-state index is 12.0. The molecule has 0 spiro atoms. The normalized spacial score (nSPS) is 13.2. The van der Waals surface area contributed by atoms with Crippen LogP contribution in [0.2, 0.25) is 0 Å². The van der Waals surface area contributed by atoms with Gasteiger partial charge in [0.15, 0.2) is 5.82 Å². The molecule has 1 aliphatic rings. The average molecular weight is 359 g/mol. The van der Waals surface area contributed by atoms with Crippen LogP contribution in [-0.2, 0) is 4.79 Å². The highest BCUT2D eigenvalue weighted by Crippen LogP contribution is 2.38. The summed E-state index contributed by atoms with van der Waals surface area (Å²) in [6.45, 7) is 4.38. The number of thioether (sulfide) groups is 1. The summed E-state index contributed by atoms with van der Waals surface area (Å²) in [7, 11) is 0. The van der Waals surface area contributed by atoms with Crippen molar-refractivity contribution in [1.29, 1.82) is 0 Å². The first-order valence-corrected chi connectivity index (χ1v) is 8.03. The third-order valence-corrected chi connectivity index (χ3v) is 4.56. The van der Waals surface area contributed by atoms with E-state index in [4.69, 9.17) is 0 Å². The monoisotopic (exact) mass is 359 g/mol. The number of aryl methyl sites for hydroxylation is 1. The fourth-order valence-corrected chi connectivity index (χ4v) is 3.56. The lowest BCUT2D eigenvalue weighted by atomic mass is 10.2. The number of hydrogen-bond donors (Lipinski definition) is 0. The lowest BCUT2D eigenvalue weighted by molar-refractivity contribution is -0.384. The number of anilines is 1. The molecule has 3 rings (SSSR count). The Morgan fingerprint density at radius 2 is 1.96 bits per heavy atom. The third-order valence-electron chi connectivity index (χ3n) is 3.49. The van der Waals surface area contributed by atoms with Crippen LogP contribution in [0.15, 0.2) is 34.4 Å². The lowest BCUT2D eigenvalue weighted by Crippen LogP contribution is -2.28. The number of aromatic nitrogens is 2. The van der Waals surface area contributed by atoms with E-state index in [1.54, 1.807) is 13.0 Å². The molecule has 2 heterocycles. The van der Waals surface area contributed by atoms with E-state index in [9.17, 15) is 19.7 Å². The molecule has 0 saturated carbocycles. The van der Waals surface area contributed by atoms with Crippen LogP contribution in [0.25, 0.3) is 0 Å². The van der Waals surface area contributed by atoms with Crippen molar-refractivity contribution in [1.82, 2.24) is 9.55 Å². The van der Waals surface area contributed by atoms with Crippen LogP contribution in [0.1, 0.15) is 30.0 Å². The van der Waals surface area contributed by atoms with Crippen LogP contribution in [0.5, 0.6) is 0 Å². The van der Waals surface area contributed by atoms with Gasteiger partial charge in [-0.05, 0) is 18.7 Å². The predicted octanol–water partition coefficient (Wildman–Crippen LogP) is 2.58. The van der Waals surface area contributed by atoms with Gasteiger partial charge in [0.25, 0.3) is 5.69 Å². The topological polar surface area (TPSA) is 111 Å². The van der Waals surface area contributed by atoms with Crippen molar-refractivity contribution in [2.45, 2.75) is 25.8 Å². The summed E-state index contributed by atoms with van der Waals surface area (Å²) < 4.78 is 1.39. The molecule has 128 valence electrons. The molecule has 0 fully saturated rings. The minimum Gasteiger partial charge on any atom is -0.274 e. The number of amides is 1. The molecule has 0 saturated heterocycles. The Hall–Kier alpha value is -3.01. The largest absolute Gasteiger partial charge is 0.274 e. The molecular formula is C15H13N5O4S. The van der Waals surface area contributed by atoms with E-state index in [1.807, 2.05) is 0 Å². The maximum Gasteiger partial charge on any atom is 0.270 e. The average Bonchev–Trinajstić information content (AvgIpc) is 2.89.